The SMILES string of the molecule is C=CCN(Cc1cccc(C#N)c1)C(=O)c1ccc(S(C)=O)cc1. The highest BCUT2D eigenvalue weighted by atomic mass is 32.2. The Morgan fingerprint density at radius 2 is 2.00 bits per heavy atom. The minimum atomic E-state index is -1.07. The number of hydrogen-bond donors (Lipinski definition) is 0. The number of hydrogen-bond acceptors (Lipinski definition) is 3. The zero-order valence-corrected chi connectivity index (χ0v) is 14.3. The Morgan fingerprint density at radius 3 is 2.58 bits per heavy atom. The van der Waals surface area contributed by atoms with Crippen molar-refractivity contribution in [1.82, 2.24) is 4.90 Å². The number of benzene rings is 2. The summed E-state index contributed by atoms with van der Waals surface area (Å²) in [7, 11) is -1.07. The van der Waals surface area contributed by atoms with E-state index in [4.69, 9.17) is 5.26 Å². The van der Waals surface area contributed by atoms with Crippen molar-refractivity contribution in [3.8, 4) is 6.07 Å². The van der Waals surface area contributed by atoms with Crippen molar-refractivity contribution in [3.63, 3.8) is 0 Å². The van der Waals surface area contributed by atoms with E-state index in [0.717, 1.165) is 5.56 Å². The largest absolute Gasteiger partial charge is 0.331 e. The molecule has 0 aliphatic heterocycles. The van der Waals surface area contributed by atoms with Crippen LogP contribution >= 0.6 is 0 Å². The summed E-state index contributed by atoms with van der Waals surface area (Å²) >= 11 is 0. The van der Waals surface area contributed by atoms with Crippen molar-refractivity contribution < 1.29 is 9.00 Å². The molecule has 0 aromatic heterocycles. The summed E-state index contributed by atoms with van der Waals surface area (Å²) in [4.78, 5) is 15.1. The van der Waals surface area contributed by atoms with Gasteiger partial charge in [0.2, 0.25) is 0 Å². The molecule has 2 aromatic carbocycles. The van der Waals surface area contributed by atoms with Gasteiger partial charge in [0, 0.05) is 40.6 Å². The van der Waals surface area contributed by atoms with E-state index in [1.165, 1.54) is 0 Å². The van der Waals surface area contributed by atoms with Crippen LogP contribution in [0.15, 0.2) is 66.1 Å². The summed E-state index contributed by atoms with van der Waals surface area (Å²) in [6.07, 6.45) is 3.27. The van der Waals surface area contributed by atoms with Crippen LogP contribution in [0.1, 0.15) is 21.5 Å². The maximum atomic E-state index is 12.7. The molecule has 0 radical (unpaired) electrons. The first kappa shape index (κ1) is 17.6. The van der Waals surface area contributed by atoms with Crippen LogP contribution in [-0.4, -0.2) is 27.8 Å². The van der Waals surface area contributed by atoms with Gasteiger partial charge in [0.05, 0.1) is 11.6 Å². The van der Waals surface area contributed by atoms with Crippen molar-refractivity contribution in [1.29, 1.82) is 5.26 Å². The molecular weight excluding hydrogens is 320 g/mol. The van der Waals surface area contributed by atoms with E-state index in [9.17, 15) is 9.00 Å². The molecule has 4 nitrogen and oxygen atoms in total. The van der Waals surface area contributed by atoms with Crippen LogP contribution in [0, 0.1) is 11.3 Å². The third kappa shape index (κ3) is 4.40. The smallest absolute Gasteiger partial charge is 0.254 e. The predicted molar refractivity (Wildman–Crippen MR) is 94.9 cm³/mol. The van der Waals surface area contributed by atoms with Crippen LogP contribution in [-0.2, 0) is 17.3 Å². The summed E-state index contributed by atoms with van der Waals surface area (Å²) in [6, 6.07) is 16.0. The summed E-state index contributed by atoms with van der Waals surface area (Å²) in [5, 5.41) is 8.99. The fraction of sp³-hybridized carbons (Fsp3) is 0.158. The second-order valence-electron chi connectivity index (χ2n) is 5.27. The molecular formula is C19H18N2O2S. The standard InChI is InChI=1S/C19H18N2O2S/c1-3-11-21(14-16-6-4-5-15(12-16)13-20)19(22)17-7-9-18(10-8-17)24(2)23/h3-10,12H,1,11,14H2,2H3. The molecule has 0 aliphatic carbocycles. The number of amides is 1. The van der Waals surface area contributed by atoms with Gasteiger partial charge in [-0.1, -0.05) is 18.2 Å². The van der Waals surface area contributed by atoms with Crippen molar-refractivity contribution in [2.45, 2.75) is 11.4 Å². The summed E-state index contributed by atoms with van der Waals surface area (Å²) in [5.74, 6) is -0.134. The van der Waals surface area contributed by atoms with E-state index in [0.29, 0.717) is 29.1 Å². The van der Waals surface area contributed by atoms with Gasteiger partial charge in [-0.25, -0.2) is 0 Å². The van der Waals surface area contributed by atoms with E-state index in [-0.39, 0.29) is 5.91 Å². The van der Waals surface area contributed by atoms with Gasteiger partial charge in [-0.15, -0.1) is 6.58 Å². The first-order valence-electron chi connectivity index (χ1n) is 7.38. The van der Waals surface area contributed by atoms with Gasteiger partial charge in [-0.2, -0.15) is 5.26 Å². The van der Waals surface area contributed by atoms with Crippen molar-refractivity contribution in [2.24, 2.45) is 0 Å². The molecule has 1 unspecified atom stereocenters. The topological polar surface area (TPSA) is 61.2 Å². The third-order valence-electron chi connectivity index (χ3n) is 3.50. The average Bonchev–Trinajstić information content (AvgIpc) is 2.61. The van der Waals surface area contributed by atoms with Gasteiger partial charge in [0.25, 0.3) is 5.91 Å². The Kier molecular flexibility index (Phi) is 6.05. The first-order chi connectivity index (χ1) is 11.5. The van der Waals surface area contributed by atoms with Crippen LogP contribution in [0.3, 0.4) is 0 Å². The minimum absolute atomic E-state index is 0.134. The number of carbonyl (C=O) groups is 1. The molecule has 0 heterocycles. The Morgan fingerprint density at radius 1 is 1.29 bits per heavy atom. The quantitative estimate of drug-likeness (QED) is 0.760. The highest BCUT2D eigenvalue weighted by Gasteiger charge is 2.15. The van der Waals surface area contributed by atoms with Crippen molar-refractivity contribution in [3.05, 3.63) is 77.9 Å². The molecule has 122 valence electrons. The minimum Gasteiger partial charge on any atom is -0.331 e. The van der Waals surface area contributed by atoms with E-state index in [1.807, 2.05) is 6.07 Å². The second kappa shape index (κ2) is 8.23. The second-order valence-corrected chi connectivity index (χ2v) is 6.64. The molecule has 0 N–H and O–H groups in total. The van der Waals surface area contributed by atoms with Gasteiger partial charge < -0.3 is 4.90 Å². The lowest BCUT2D eigenvalue weighted by atomic mass is 10.1. The molecule has 0 spiro atoms. The maximum absolute atomic E-state index is 12.7. The Balaban J connectivity index is 2.22. The normalized spacial score (nSPS) is 11.3. The molecule has 2 aromatic rings. The average molecular weight is 338 g/mol. The van der Waals surface area contributed by atoms with Gasteiger partial charge in [0.15, 0.2) is 0 Å². The molecule has 0 saturated carbocycles. The van der Waals surface area contributed by atoms with Gasteiger partial charge in [-0.3, -0.25) is 9.00 Å². The molecule has 0 fully saturated rings. The van der Waals surface area contributed by atoms with Crippen LogP contribution < -0.4 is 0 Å². The molecule has 24 heavy (non-hydrogen) atoms. The van der Waals surface area contributed by atoms with Crippen LogP contribution in [0.25, 0.3) is 0 Å². The highest BCUT2D eigenvalue weighted by Crippen LogP contribution is 2.14. The lowest BCUT2D eigenvalue weighted by Gasteiger charge is -2.21. The molecule has 1 amide bonds. The van der Waals surface area contributed by atoms with Gasteiger partial charge in [-0.05, 0) is 42.0 Å². The number of rotatable bonds is 6. The monoisotopic (exact) mass is 338 g/mol. The highest BCUT2D eigenvalue weighted by molar-refractivity contribution is 7.84. The van der Waals surface area contributed by atoms with Crippen molar-refractivity contribution in [2.75, 3.05) is 12.8 Å². The van der Waals surface area contributed by atoms with E-state index in [2.05, 4.69) is 12.6 Å². The fourth-order valence-electron chi connectivity index (χ4n) is 2.31. The lowest BCUT2D eigenvalue weighted by Crippen LogP contribution is -2.30. The molecule has 1 atom stereocenters. The zero-order chi connectivity index (χ0) is 17.5. The van der Waals surface area contributed by atoms with Crippen molar-refractivity contribution >= 4 is 16.7 Å². The molecule has 0 aliphatic rings. The number of nitriles is 1. The Hall–Kier alpha value is -2.71. The predicted octanol–water partition coefficient (Wildman–Crippen LogP) is 3.12. The maximum Gasteiger partial charge on any atom is 0.254 e. The molecule has 0 bridgehead atoms. The van der Waals surface area contributed by atoms with E-state index >= 15 is 0 Å². The molecule has 5 heteroatoms. The molecule has 0 saturated heterocycles. The van der Waals surface area contributed by atoms with E-state index in [1.54, 1.807) is 59.7 Å². The number of carbonyl (C=O) groups excluding carboxylic acids is 1. The van der Waals surface area contributed by atoms with Gasteiger partial charge in [0.1, 0.15) is 0 Å². The van der Waals surface area contributed by atoms with Crippen LogP contribution in [0.5, 0.6) is 0 Å². The Bertz CT molecular complexity index is 807. The summed E-state index contributed by atoms with van der Waals surface area (Å²) in [6.45, 7) is 4.49. The lowest BCUT2D eigenvalue weighted by molar-refractivity contribution is 0.0762. The zero-order valence-electron chi connectivity index (χ0n) is 13.4. The third-order valence-corrected chi connectivity index (χ3v) is 4.44. The number of nitrogens with zero attached hydrogens (tertiary/aromatic N) is 2. The van der Waals surface area contributed by atoms with Crippen LogP contribution in [0.4, 0.5) is 0 Å². The Labute approximate surface area is 144 Å². The first-order valence-corrected chi connectivity index (χ1v) is 8.93. The van der Waals surface area contributed by atoms with E-state index < -0.39 is 10.8 Å². The summed E-state index contributed by atoms with van der Waals surface area (Å²) < 4.78 is 11.4. The fourth-order valence-corrected chi connectivity index (χ4v) is 2.83. The molecule has 2 rings (SSSR count). The summed E-state index contributed by atoms with van der Waals surface area (Å²) in [5.41, 5.74) is 1.98. The van der Waals surface area contributed by atoms with Crippen LogP contribution in [0.2, 0.25) is 0 Å². The van der Waals surface area contributed by atoms with Gasteiger partial charge >= 0.3 is 0 Å².